The number of fused-ring (bicyclic) bond motifs is 1. The van der Waals surface area contributed by atoms with Gasteiger partial charge in [-0.15, -0.1) is 11.8 Å². The number of rotatable bonds is 7. The lowest BCUT2D eigenvalue weighted by Crippen LogP contribution is -2.27. The molecule has 0 spiro atoms. The van der Waals surface area contributed by atoms with Gasteiger partial charge in [0.1, 0.15) is 17.1 Å². The van der Waals surface area contributed by atoms with E-state index in [-0.39, 0.29) is 30.7 Å². The summed E-state index contributed by atoms with van der Waals surface area (Å²) in [6.45, 7) is 3.52. The lowest BCUT2D eigenvalue weighted by Gasteiger charge is -2.28. The fourth-order valence-electron chi connectivity index (χ4n) is 3.22. The molecular weight excluding hydrogens is 376 g/mol. The molecule has 0 amide bonds. The van der Waals surface area contributed by atoms with Crippen molar-refractivity contribution in [2.24, 2.45) is 0 Å². The van der Waals surface area contributed by atoms with E-state index in [0.29, 0.717) is 16.9 Å². The first-order valence-corrected chi connectivity index (χ1v) is 10.00. The fraction of sp³-hybridized carbons (Fsp3) is 0.364. The zero-order valence-corrected chi connectivity index (χ0v) is 17.1. The van der Waals surface area contributed by atoms with Gasteiger partial charge in [0.2, 0.25) is 0 Å². The average Bonchev–Trinajstić information content (AvgIpc) is 2.70. The minimum atomic E-state index is -0.318. The first-order valence-electron chi connectivity index (χ1n) is 9.12. The predicted octanol–water partition coefficient (Wildman–Crippen LogP) is 3.69. The van der Waals surface area contributed by atoms with Crippen LogP contribution in [0, 0.1) is 0 Å². The predicted molar refractivity (Wildman–Crippen MR) is 111 cm³/mol. The number of hydrogen-bond acceptors (Lipinski definition) is 6. The van der Waals surface area contributed by atoms with E-state index in [2.05, 4.69) is 6.08 Å². The molecule has 0 fully saturated rings. The third-order valence-electron chi connectivity index (χ3n) is 4.71. The Balaban J connectivity index is 1.89. The number of aliphatic hydroxyl groups is 3. The normalized spacial score (nSPS) is 15.6. The highest BCUT2D eigenvalue weighted by Gasteiger charge is 2.23. The summed E-state index contributed by atoms with van der Waals surface area (Å²) in [5.41, 5.74) is 2.68. The van der Waals surface area contributed by atoms with Crippen LogP contribution in [0.4, 0.5) is 0 Å². The van der Waals surface area contributed by atoms with Crippen molar-refractivity contribution in [3.8, 4) is 11.5 Å². The molecular formula is C22H26O5S. The Morgan fingerprint density at radius 1 is 1.11 bits per heavy atom. The smallest absolute Gasteiger partial charge is 0.127 e. The van der Waals surface area contributed by atoms with Crippen LogP contribution in [0.5, 0.6) is 11.5 Å². The highest BCUT2D eigenvalue weighted by molar-refractivity contribution is 7.99. The van der Waals surface area contributed by atoms with Gasteiger partial charge in [0.05, 0.1) is 32.2 Å². The number of aliphatic hydroxyl groups excluding tert-OH is 3. The Kier molecular flexibility index (Phi) is 6.35. The SMILES string of the molecule is COc1cc(C(CO)Sc2ccc3c(c2)C=CC(C)(C)O3)cc(CO)c1CO. The number of benzene rings is 2. The van der Waals surface area contributed by atoms with Crippen molar-refractivity contribution in [2.75, 3.05) is 13.7 Å². The summed E-state index contributed by atoms with van der Waals surface area (Å²) < 4.78 is 11.3. The zero-order chi connectivity index (χ0) is 20.3. The second kappa shape index (κ2) is 8.57. The van der Waals surface area contributed by atoms with Gasteiger partial charge in [0, 0.05) is 16.0 Å². The summed E-state index contributed by atoms with van der Waals surface area (Å²) in [4.78, 5) is 1.00. The summed E-state index contributed by atoms with van der Waals surface area (Å²) in [6.07, 6.45) is 4.08. The summed E-state index contributed by atoms with van der Waals surface area (Å²) in [7, 11) is 1.53. The third-order valence-corrected chi connectivity index (χ3v) is 5.94. The number of ether oxygens (including phenoxy) is 2. The van der Waals surface area contributed by atoms with Crippen LogP contribution in [-0.4, -0.2) is 34.6 Å². The van der Waals surface area contributed by atoms with E-state index in [1.165, 1.54) is 18.9 Å². The van der Waals surface area contributed by atoms with Crippen molar-refractivity contribution in [3.63, 3.8) is 0 Å². The maximum absolute atomic E-state index is 9.99. The molecule has 0 bridgehead atoms. The molecule has 1 atom stereocenters. The highest BCUT2D eigenvalue weighted by atomic mass is 32.2. The van der Waals surface area contributed by atoms with E-state index in [4.69, 9.17) is 9.47 Å². The topological polar surface area (TPSA) is 79.2 Å². The van der Waals surface area contributed by atoms with Gasteiger partial charge >= 0.3 is 0 Å². The molecule has 0 saturated heterocycles. The standard InChI is InChI=1S/C22H26O5S/c1-22(2)7-6-14-9-17(4-5-19(14)27-22)28-21(13-25)15-8-16(11-23)18(12-24)20(10-15)26-3/h4-10,21,23-25H,11-13H2,1-3H3. The molecule has 0 saturated carbocycles. The zero-order valence-electron chi connectivity index (χ0n) is 16.3. The molecule has 2 aromatic rings. The summed E-state index contributed by atoms with van der Waals surface area (Å²) in [5, 5.41) is 29.0. The van der Waals surface area contributed by atoms with Gasteiger partial charge in [-0.2, -0.15) is 0 Å². The molecule has 150 valence electrons. The first-order chi connectivity index (χ1) is 13.4. The van der Waals surface area contributed by atoms with Crippen molar-refractivity contribution in [3.05, 3.63) is 58.7 Å². The molecule has 28 heavy (non-hydrogen) atoms. The quantitative estimate of drug-likeness (QED) is 0.613. The van der Waals surface area contributed by atoms with Crippen LogP contribution in [0.2, 0.25) is 0 Å². The molecule has 5 nitrogen and oxygen atoms in total. The molecule has 3 rings (SSSR count). The van der Waals surface area contributed by atoms with Crippen molar-refractivity contribution in [2.45, 2.75) is 42.8 Å². The van der Waals surface area contributed by atoms with Gasteiger partial charge in [-0.25, -0.2) is 0 Å². The second-order valence-electron chi connectivity index (χ2n) is 7.20. The maximum atomic E-state index is 9.99. The fourth-order valence-corrected chi connectivity index (χ4v) is 4.24. The molecule has 6 heteroatoms. The number of methoxy groups -OCH3 is 1. The Hall–Kier alpha value is -1.99. The molecule has 1 aliphatic heterocycles. The Morgan fingerprint density at radius 3 is 2.54 bits per heavy atom. The lowest BCUT2D eigenvalue weighted by atomic mass is 10.0. The van der Waals surface area contributed by atoms with Gasteiger partial charge < -0.3 is 24.8 Å². The van der Waals surface area contributed by atoms with Gasteiger partial charge in [-0.3, -0.25) is 0 Å². The van der Waals surface area contributed by atoms with Crippen molar-refractivity contribution in [1.29, 1.82) is 0 Å². The maximum Gasteiger partial charge on any atom is 0.127 e. The Labute approximate surface area is 169 Å². The van der Waals surface area contributed by atoms with Gasteiger partial charge in [0.25, 0.3) is 0 Å². The highest BCUT2D eigenvalue weighted by Crippen LogP contribution is 2.41. The monoisotopic (exact) mass is 402 g/mol. The summed E-state index contributed by atoms with van der Waals surface area (Å²) in [6, 6.07) is 9.59. The molecule has 1 unspecified atom stereocenters. The first kappa shape index (κ1) is 20.7. The summed E-state index contributed by atoms with van der Waals surface area (Å²) >= 11 is 1.53. The van der Waals surface area contributed by atoms with E-state index in [9.17, 15) is 15.3 Å². The average molecular weight is 403 g/mol. The Bertz CT molecular complexity index is 850. The van der Waals surface area contributed by atoms with Crippen LogP contribution >= 0.6 is 11.8 Å². The molecule has 0 aromatic heterocycles. The number of thioether (sulfide) groups is 1. The molecule has 2 aromatic carbocycles. The molecule has 1 aliphatic rings. The second-order valence-corrected chi connectivity index (χ2v) is 8.48. The largest absolute Gasteiger partial charge is 0.496 e. The van der Waals surface area contributed by atoms with Gasteiger partial charge in [0.15, 0.2) is 0 Å². The lowest BCUT2D eigenvalue weighted by molar-refractivity contribution is 0.159. The minimum Gasteiger partial charge on any atom is -0.496 e. The van der Waals surface area contributed by atoms with Crippen LogP contribution in [0.1, 0.15) is 41.4 Å². The molecule has 1 heterocycles. The van der Waals surface area contributed by atoms with E-state index < -0.39 is 0 Å². The van der Waals surface area contributed by atoms with Crippen LogP contribution in [0.25, 0.3) is 6.08 Å². The van der Waals surface area contributed by atoms with Crippen LogP contribution in [0.15, 0.2) is 41.3 Å². The van der Waals surface area contributed by atoms with E-state index in [0.717, 1.165) is 21.8 Å². The van der Waals surface area contributed by atoms with E-state index >= 15 is 0 Å². The molecule has 0 aliphatic carbocycles. The van der Waals surface area contributed by atoms with Gasteiger partial charge in [-0.05, 0) is 55.3 Å². The summed E-state index contributed by atoms with van der Waals surface area (Å²) in [5.74, 6) is 1.35. The third kappa shape index (κ3) is 4.36. The molecule has 0 radical (unpaired) electrons. The number of hydrogen-bond donors (Lipinski definition) is 3. The van der Waals surface area contributed by atoms with Crippen LogP contribution in [-0.2, 0) is 13.2 Å². The minimum absolute atomic E-state index is 0.0758. The van der Waals surface area contributed by atoms with E-state index in [1.807, 2.05) is 50.3 Å². The van der Waals surface area contributed by atoms with Crippen LogP contribution in [0.3, 0.4) is 0 Å². The van der Waals surface area contributed by atoms with Crippen molar-refractivity contribution < 1.29 is 24.8 Å². The van der Waals surface area contributed by atoms with E-state index in [1.54, 1.807) is 0 Å². The Morgan fingerprint density at radius 2 is 1.89 bits per heavy atom. The van der Waals surface area contributed by atoms with Crippen molar-refractivity contribution in [1.82, 2.24) is 0 Å². The van der Waals surface area contributed by atoms with Crippen LogP contribution < -0.4 is 9.47 Å². The van der Waals surface area contributed by atoms with Gasteiger partial charge in [-0.1, -0.05) is 12.1 Å². The van der Waals surface area contributed by atoms with Crippen molar-refractivity contribution >= 4 is 17.8 Å². The molecule has 3 N–H and O–H groups in total.